The molecule has 102 valence electrons. The summed E-state index contributed by atoms with van der Waals surface area (Å²) in [5.41, 5.74) is 6.56. The van der Waals surface area contributed by atoms with Gasteiger partial charge in [-0.1, -0.05) is 6.07 Å². The van der Waals surface area contributed by atoms with Crippen molar-refractivity contribution in [3.63, 3.8) is 0 Å². The largest absolute Gasteiger partial charge is 0.493 e. The number of nitrogens with two attached hydrogens (primary N) is 1. The van der Waals surface area contributed by atoms with Crippen LogP contribution in [0.2, 0.25) is 0 Å². The van der Waals surface area contributed by atoms with Crippen LogP contribution in [-0.4, -0.2) is 30.8 Å². The van der Waals surface area contributed by atoms with E-state index in [4.69, 9.17) is 20.3 Å². The number of aliphatic hydroxyl groups excluding tert-OH is 1. The molecule has 0 aliphatic heterocycles. The van der Waals surface area contributed by atoms with Crippen molar-refractivity contribution in [2.45, 2.75) is 19.4 Å². The summed E-state index contributed by atoms with van der Waals surface area (Å²) in [7, 11) is 1.50. The van der Waals surface area contributed by atoms with E-state index in [0.717, 1.165) is 5.56 Å². The highest BCUT2D eigenvalue weighted by Gasteiger charge is 2.09. The predicted octanol–water partition coefficient (Wildman–Crippen LogP) is 0.904. The molecule has 1 aromatic rings. The number of aliphatic hydroxyl groups is 1. The van der Waals surface area contributed by atoms with Gasteiger partial charge in [0, 0.05) is 13.0 Å². The van der Waals surface area contributed by atoms with Crippen molar-refractivity contribution < 1.29 is 19.4 Å². The lowest BCUT2D eigenvalue weighted by Crippen LogP contribution is -2.26. The zero-order valence-corrected chi connectivity index (χ0v) is 11.2. The van der Waals surface area contributed by atoms with E-state index in [1.807, 2.05) is 0 Å². The van der Waals surface area contributed by atoms with Crippen molar-refractivity contribution in [3.05, 3.63) is 23.8 Å². The van der Waals surface area contributed by atoms with Gasteiger partial charge in [0.1, 0.15) is 0 Å². The second kappa shape index (κ2) is 7.92. The highest BCUT2D eigenvalue weighted by molar-refractivity contribution is 5.85. The third-order valence-electron chi connectivity index (χ3n) is 2.21. The summed E-state index contributed by atoms with van der Waals surface area (Å²) in [6, 6.07) is 4.88. The first kappa shape index (κ1) is 16.7. The molecule has 5 nitrogen and oxygen atoms in total. The molecule has 0 radical (unpaired) electrons. The van der Waals surface area contributed by atoms with E-state index in [1.54, 1.807) is 18.2 Å². The Bertz CT molecular complexity index is 398. The molecule has 0 fully saturated rings. The number of ether oxygens (including phenoxy) is 2. The van der Waals surface area contributed by atoms with Crippen molar-refractivity contribution in [3.8, 4) is 11.5 Å². The number of halogens is 1. The monoisotopic (exact) mass is 275 g/mol. The molecule has 3 N–H and O–H groups in total. The highest BCUT2D eigenvalue weighted by Crippen LogP contribution is 2.28. The van der Waals surface area contributed by atoms with E-state index >= 15 is 0 Å². The van der Waals surface area contributed by atoms with Gasteiger partial charge in [0.15, 0.2) is 11.5 Å². The summed E-state index contributed by atoms with van der Waals surface area (Å²) in [6.07, 6.45) is 0.535. The fourth-order valence-electron chi connectivity index (χ4n) is 1.45. The maximum atomic E-state index is 10.9. The number of methoxy groups -OCH3 is 1. The Morgan fingerprint density at radius 2 is 2.11 bits per heavy atom. The van der Waals surface area contributed by atoms with E-state index in [9.17, 15) is 4.79 Å². The number of hydrogen-bond acceptors (Lipinski definition) is 5. The van der Waals surface area contributed by atoms with E-state index < -0.39 is 5.97 Å². The Morgan fingerprint density at radius 3 is 2.61 bits per heavy atom. The second-order valence-corrected chi connectivity index (χ2v) is 3.73. The average molecular weight is 276 g/mol. The fraction of sp³-hybridized carbons (Fsp3) is 0.417. The van der Waals surface area contributed by atoms with Crippen LogP contribution in [0.3, 0.4) is 0 Å². The van der Waals surface area contributed by atoms with Gasteiger partial charge in [0.2, 0.25) is 0 Å². The van der Waals surface area contributed by atoms with Gasteiger partial charge in [0.05, 0.1) is 13.7 Å². The van der Waals surface area contributed by atoms with Crippen molar-refractivity contribution >= 4 is 18.4 Å². The molecular weight excluding hydrogens is 258 g/mol. The van der Waals surface area contributed by atoms with Crippen molar-refractivity contribution in [2.75, 3.05) is 13.7 Å². The molecule has 1 unspecified atom stereocenters. The quantitative estimate of drug-likeness (QED) is 0.616. The van der Waals surface area contributed by atoms with Crippen molar-refractivity contribution in [1.29, 1.82) is 0 Å². The van der Waals surface area contributed by atoms with Gasteiger partial charge in [-0.3, -0.25) is 4.79 Å². The minimum absolute atomic E-state index is 0. The third-order valence-corrected chi connectivity index (χ3v) is 2.21. The lowest BCUT2D eigenvalue weighted by Gasteiger charge is -2.12. The minimum Gasteiger partial charge on any atom is -0.493 e. The molecule has 18 heavy (non-hydrogen) atoms. The van der Waals surface area contributed by atoms with E-state index in [0.29, 0.717) is 17.9 Å². The van der Waals surface area contributed by atoms with Crippen molar-refractivity contribution in [1.82, 2.24) is 0 Å². The second-order valence-electron chi connectivity index (χ2n) is 3.73. The van der Waals surface area contributed by atoms with Gasteiger partial charge < -0.3 is 20.3 Å². The number of rotatable bonds is 5. The molecule has 0 aromatic heterocycles. The average Bonchev–Trinajstić information content (AvgIpc) is 2.30. The summed E-state index contributed by atoms with van der Waals surface area (Å²) < 4.78 is 10.1. The molecule has 6 heteroatoms. The molecule has 0 spiro atoms. The molecule has 1 rings (SSSR count). The molecule has 1 atom stereocenters. The van der Waals surface area contributed by atoms with E-state index in [-0.39, 0.29) is 25.1 Å². The molecular formula is C12H18ClNO4. The molecule has 0 aliphatic rings. The van der Waals surface area contributed by atoms with Gasteiger partial charge in [0.25, 0.3) is 0 Å². The Morgan fingerprint density at radius 1 is 1.44 bits per heavy atom. The van der Waals surface area contributed by atoms with Crippen LogP contribution in [0.5, 0.6) is 11.5 Å². The van der Waals surface area contributed by atoms with Crippen LogP contribution in [-0.2, 0) is 11.2 Å². The molecule has 0 bridgehead atoms. The Kier molecular flexibility index (Phi) is 7.35. The maximum Gasteiger partial charge on any atom is 0.308 e. The van der Waals surface area contributed by atoms with E-state index in [1.165, 1.54) is 14.0 Å². The predicted molar refractivity (Wildman–Crippen MR) is 70.3 cm³/mol. The fourth-order valence-corrected chi connectivity index (χ4v) is 1.45. The molecule has 0 saturated heterocycles. The van der Waals surface area contributed by atoms with Crippen LogP contribution in [0.15, 0.2) is 18.2 Å². The maximum absolute atomic E-state index is 10.9. The van der Waals surface area contributed by atoms with Crippen LogP contribution in [0.4, 0.5) is 0 Å². The highest BCUT2D eigenvalue weighted by atomic mass is 35.5. The number of hydrogen-bond donors (Lipinski definition) is 2. The van der Waals surface area contributed by atoms with Crippen molar-refractivity contribution in [2.24, 2.45) is 5.73 Å². The molecule has 0 saturated carbocycles. The van der Waals surface area contributed by atoms with Crippen LogP contribution in [0, 0.1) is 0 Å². The number of carbonyl (C=O) groups is 1. The molecule has 0 heterocycles. The normalized spacial score (nSPS) is 11.3. The first-order valence-corrected chi connectivity index (χ1v) is 5.28. The number of benzene rings is 1. The first-order chi connectivity index (χ1) is 8.06. The van der Waals surface area contributed by atoms with Crippen LogP contribution >= 0.6 is 12.4 Å². The zero-order valence-electron chi connectivity index (χ0n) is 10.4. The summed E-state index contributed by atoms with van der Waals surface area (Å²) in [5.74, 6) is 0.451. The van der Waals surface area contributed by atoms with Crippen LogP contribution in [0.25, 0.3) is 0 Å². The third kappa shape index (κ3) is 4.91. The topological polar surface area (TPSA) is 81.8 Å². The lowest BCUT2D eigenvalue weighted by atomic mass is 10.1. The minimum atomic E-state index is -0.400. The molecule has 0 amide bonds. The van der Waals surface area contributed by atoms with Crippen LogP contribution < -0.4 is 15.2 Å². The molecule has 1 aromatic carbocycles. The molecule has 0 aliphatic carbocycles. The van der Waals surface area contributed by atoms with Gasteiger partial charge in [-0.25, -0.2) is 0 Å². The first-order valence-electron chi connectivity index (χ1n) is 5.28. The van der Waals surface area contributed by atoms with Gasteiger partial charge >= 0.3 is 5.97 Å². The number of carbonyl (C=O) groups excluding carboxylic acids is 1. The number of esters is 1. The Labute approximate surface area is 112 Å². The van der Waals surface area contributed by atoms with E-state index in [2.05, 4.69) is 0 Å². The van der Waals surface area contributed by atoms with Gasteiger partial charge in [-0.15, -0.1) is 12.4 Å². The lowest BCUT2D eigenvalue weighted by molar-refractivity contribution is -0.132. The Hall–Kier alpha value is -1.30. The Balaban J connectivity index is 0.00000289. The summed E-state index contributed by atoms with van der Waals surface area (Å²) in [5, 5.41) is 8.87. The van der Waals surface area contributed by atoms with Gasteiger partial charge in [-0.05, 0) is 24.1 Å². The smallest absolute Gasteiger partial charge is 0.308 e. The van der Waals surface area contributed by atoms with Crippen LogP contribution in [0.1, 0.15) is 12.5 Å². The SMILES string of the molecule is COc1cc(CC(N)CO)ccc1OC(C)=O.Cl. The summed E-state index contributed by atoms with van der Waals surface area (Å²) >= 11 is 0. The standard InChI is InChI=1S/C12H17NO4.ClH/c1-8(15)17-11-4-3-9(5-10(13)7-14)6-12(11)16-2;/h3-4,6,10,14H,5,7,13H2,1-2H3;1H. The summed E-state index contributed by atoms with van der Waals surface area (Å²) in [4.78, 5) is 10.9. The van der Waals surface area contributed by atoms with Gasteiger partial charge in [-0.2, -0.15) is 0 Å². The summed E-state index contributed by atoms with van der Waals surface area (Å²) in [6.45, 7) is 1.25. The zero-order chi connectivity index (χ0) is 12.8.